The predicted octanol–water partition coefficient (Wildman–Crippen LogP) is 1.84. The number of rotatable bonds is 2. The first-order valence-electron chi connectivity index (χ1n) is 7.16. The molecule has 1 saturated carbocycles. The second-order valence-corrected chi connectivity index (χ2v) is 5.59. The van der Waals surface area contributed by atoms with Gasteiger partial charge in [0.15, 0.2) is 0 Å². The lowest BCUT2D eigenvalue weighted by Crippen LogP contribution is -2.40. The fourth-order valence-corrected chi connectivity index (χ4v) is 3.18. The standard InChI is InChI=1S/C14H18N2O4/c17-13(9-4-2-1-3-5-9)16-7-6-11-10(8-16)12(14(18)19)20-15-11/h9H,1-8H2,(H,18,19). The molecule has 1 aliphatic heterocycles. The van der Waals surface area contributed by atoms with Crippen LogP contribution in [0.15, 0.2) is 4.52 Å². The van der Waals surface area contributed by atoms with Gasteiger partial charge in [-0.25, -0.2) is 4.79 Å². The van der Waals surface area contributed by atoms with Crippen molar-refractivity contribution < 1.29 is 19.2 Å². The van der Waals surface area contributed by atoms with E-state index in [2.05, 4.69) is 5.16 Å². The lowest BCUT2D eigenvalue weighted by Gasteiger charge is -2.31. The summed E-state index contributed by atoms with van der Waals surface area (Å²) in [4.78, 5) is 25.3. The number of aromatic carboxylic acids is 1. The Balaban J connectivity index is 1.75. The van der Waals surface area contributed by atoms with Gasteiger partial charge < -0.3 is 14.5 Å². The zero-order valence-electron chi connectivity index (χ0n) is 11.3. The Morgan fingerprint density at radius 1 is 1.25 bits per heavy atom. The number of nitrogens with zero attached hydrogens (tertiary/aromatic N) is 2. The quantitative estimate of drug-likeness (QED) is 0.892. The summed E-state index contributed by atoms with van der Waals surface area (Å²) in [5, 5.41) is 12.9. The molecule has 108 valence electrons. The van der Waals surface area contributed by atoms with Crippen LogP contribution in [-0.4, -0.2) is 33.6 Å². The van der Waals surface area contributed by atoms with Gasteiger partial charge in [-0.2, -0.15) is 0 Å². The SMILES string of the molecule is O=C(O)c1onc2c1CN(C(=O)C1CCCCC1)CC2. The van der Waals surface area contributed by atoms with Gasteiger partial charge in [0.2, 0.25) is 11.7 Å². The summed E-state index contributed by atoms with van der Waals surface area (Å²) in [7, 11) is 0. The Morgan fingerprint density at radius 3 is 2.70 bits per heavy atom. The molecule has 0 unspecified atom stereocenters. The van der Waals surface area contributed by atoms with Crippen LogP contribution in [0.4, 0.5) is 0 Å². The van der Waals surface area contributed by atoms with Crippen molar-refractivity contribution in [3.63, 3.8) is 0 Å². The number of carbonyl (C=O) groups is 2. The maximum atomic E-state index is 12.5. The number of hydrogen-bond acceptors (Lipinski definition) is 4. The average Bonchev–Trinajstić information content (AvgIpc) is 2.90. The highest BCUT2D eigenvalue weighted by Crippen LogP contribution is 2.28. The van der Waals surface area contributed by atoms with Gasteiger partial charge in [-0.1, -0.05) is 24.4 Å². The first-order valence-corrected chi connectivity index (χ1v) is 7.16. The van der Waals surface area contributed by atoms with Crippen molar-refractivity contribution in [2.45, 2.75) is 45.1 Å². The molecule has 2 aliphatic rings. The van der Waals surface area contributed by atoms with Crippen molar-refractivity contribution in [1.82, 2.24) is 10.1 Å². The van der Waals surface area contributed by atoms with Crippen LogP contribution in [0.2, 0.25) is 0 Å². The minimum atomic E-state index is -1.12. The van der Waals surface area contributed by atoms with Gasteiger partial charge in [0.25, 0.3) is 0 Å². The van der Waals surface area contributed by atoms with Crippen molar-refractivity contribution in [3.8, 4) is 0 Å². The molecule has 1 fully saturated rings. The molecule has 0 spiro atoms. The highest BCUT2D eigenvalue weighted by atomic mass is 16.5. The molecule has 3 rings (SSSR count). The van der Waals surface area contributed by atoms with Crippen LogP contribution in [0.5, 0.6) is 0 Å². The molecular weight excluding hydrogens is 260 g/mol. The smallest absolute Gasteiger partial charge is 0.375 e. The van der Waals surface area contributed by atoms with Crippen LogP contribution in [0, 0.1) is 5.92 Å². The van der Waals surface area contributed by atoms with E-state index < -0.39 is 5.97 Å². The Hall–Kier alpha value is -1.85. The van der Waals surface area contributed by atoms with Crippen LogP contribution < -0.4 is 0 Å². The van der Waals surface area contributed by atoms with Gasteiger partial charge in [0, 0.05) is 24.4 Å². The molecule has 20 heavy (non-hydrogen) atoms. The largest absolute Gasteiger partial charge is 0.475 e. The lowest BCUT2D eigenvalue weighted by atomic mass is 9.87. The maximum absolute atomic E-state index is 12.5. The summed E-state index contributed by atoms with van der Waals surface area (Å²) in [6, 6.07) is 0. The average molecular weight is 278 g/mol. The molecule has 1 aromatic rings. The van der Waals surface area contributed by atoms with Crippen molar-refractivity contribution in [2.24, 2.45) is 5.92 Å². The van der Waals surface area contributed by atoms with E-state index in [9.17, 15) is 9.59 Å². The third-order valence-corrected chi connectivity index (χ3v) is 4.30. The minimum absolute atomic E-state index is 0.110. The molecule has 1 aromatic heterocycles. The van der Waals surface area contributed by atoms with Gasteiger partial charge >= 0.3 is 5.97 Å². The number of carboxylic acids is 1. The Kier molecular flexibility index (Phi) is 3.46. The second kappa shape index (κ2) is 5.26. The number of amides is 1. The summed E-state index contributed by atoms with van der Waals surface area (Å²) < 4.78 is 4.87. The second-order valence-electron chi connectivity index (χ2n) is 5.59. The van der Waals surface area contributed by atoms with E-state index in [1.807, 2.05) is 0 Å². The highest BCUT2D eigenvalue weighted by Gasteiger charge is 2.32. The first kappa shape index (κ1) is 13.1. The van der Waals surface area contributed by atoms with Crippen LogP contribution in [0.3, 0.4) is 0 Å². The zero-order chi connectivity index (χ0) is 14.1. The normalized spacial score (nSPS) is 19.7. The summed E-state index contributed by atoms with van der Waals surface area (Å²) in [6.07, 6.45) is 5.93. The molecule has 0 atom stereocenters. The van der Waals surface area contributed by atoms with E-state index in [0.29, 0.717) is 30.8 Å². The molecule has 0 aromatic carbocycles. The number of hydrogen-bond donors (Lipinski definition) is 1. The minimum Gasteiger partial charge on any atom is -0.475 e. The third-order valence-electron chi connectivity index (χ3n) is 4.30. The monoisotopic (exact) mass is 278 g/mol. The van der Waals surface area contributed by atoms with Crippen LogP contribution in [0.1, 0.15) is 53.9 Å². The van der Waals surface area contributed by atoms with E-state index in [-0.39, 0.29) is 17.6 Å². The van der Waals surface area contributed by atoms with E-state index in [0.717, 1.165) is 25.7 Å². The summed E-state index contributed by atoms with van der Waals surface area (Å²) in [5.41, 5.74) is 1.24. The van der Waals surface area contributed by atoms with Crippen LogP contribution in [0.25, 0.3) is 0 Å². The molecule has 2 heterocycles. The number of aromatic nitrogens is 1. The number of carbonyl (C=O) groups excluding carboxylic acids is 1. The molecule has 1 aliphatic carbocycles. The van der Waals surface area contributed by atoms with Gasteiger partial charge in [0.1, 0.15) is 0 Å². The van der Waals surface area contributed by atoms with Gasteiger partial charge in [-0.05, 0) is 12.8 Å². The summed E-state index contributed by atoms with van der Waals surface area (Å²) >= 11 is 0. The van der Waals surface area contributed by atoms with E-state index in [4.69, 9.17) is 9.63 Å². The highest BCUT2D eigenvalue weighted by molar-refractivity contribution is 5.87. The molecule has 1 amide bonds. The molecule has 0 radical (unpaired) electrons. The topological polar surface area (TPSA) is 83.6 Å². The molecule has 0 saturated heterocycles. The Bertz CT molecular complexity index is 531. The maximum Gasteiger partial charge on any atom is 0.375 e. The summed E-state index contributed by atoms with van der Waals surface area (Å²) in [5.74, 6) is -0.974. The van der Waals surface area contributed by atoms with Gasteiger partial charge in [-0.15, -0.1) is 0 Å². The zero-order valence-corrected chi connectivity index (χ0v) is 11.3. The van der Waals surface area contributed by atoms with Crippen molar-refractivity contribution in [1.29, 1.82) is 0 Å². The third kappa shape index (κ3) is 2.30. The fraction of sp³-hybridized carbons (Fsp3) is 0.643. The molecular formula is C14H18N2O4. The lowest BCUT2D eigenvalue weighted by molar-refractivity contribution is -0.137. The molecule has 0 bridgehead atoms. The van der Waals surface area contributed by atoms with Crippen molar-refractivity contribution >= 4 is 11.9 Å². The summed E-state index contributed by atoms with van der Waals surface area (Å²) in [6.45, 7) is 0.920. The Labute approximate surface area is 116 Å². The van der Waals surface area contributed by atoms with Crippen molar-refractivity contribution in [3.05, 3.63) is 17.0 Å². The fourth-order valence-electron chi connectivity index (χ4n) is 3.18. The van der Waals surface area contributed by atoms with E-state index in [1.54, 1.807) is 4.90 Å². The van der Waals surface area contributed by atoms with E-state index in [1.165, 1.54) is 6.42 Å². The van der Waals surface area contributed by atoms with Crippen molar-refractivity contribution in [2.75, 3.05) is 6.54 Å². The Morgan fingerprint density at radius 2 is 2.00 bits per heavy atom. The molecule has 6 heteroatoms. The predicted molar refractivity (Wildman–Crippen MR) is 69.2 cm³/mol. The number of carboxylic acid groups (broad SMARTS) is 1. The molecule has 6 nitrogen and oxygen atoms in total. The van der Waals surface area contributed by atoms with Crippen LogP contribution in [-0.2, 0) is 17.8 Å². The number of fused-ring (bicyclic) bond motifs is 1. The molecule has 1 N–H and O–H groups in total. The van der Waals surface area contributed by atoms with Crippen LogP contribution >= 0.6 is 0 Å². The van der Waals surface area contributed by atoms with Gasteiger partial charge in [-0.3, -0.25) is 4.79 Å². The van der Waals surface area contributed by atoms with E-state index >= 15 is 0 Å². The van der Waals surface area contributed by atoms with Gasteiger partial charge in [0.05, 0.1) is 12.2 Å². The first-order chi connectivity index (χ1) is 9.66.